The number of halogens is 1. The van der Waals surface area contributed by atoms with Gasteiger partial charge in [-0.1, -0.05) is 6.92 Å². The zero-order chi connectivity index (χ0) is 6.69. The predicted octanol–water partition coefficient (Wildman–Crippen LogP) is 1.18. The van der Waals surface area contributed by atoms with Gasteiger partial charge < -0.3 is 0 Å². The average molecular weight is 126 g/mol. The van der Waals surface area contributed by atoms with Crippen LogP contribution in [0.3, 0.4) is 0 Å². The van der Waals surface area contributed by atoms with Crippen LogP contribution in [-0.4, -0.2) is 9.97 Å². The van der Waals surface area contributed by atoms with Crippen LogP contribution in [0.15, 0.2) is 12.4 Å². The van der Waals surface area contributed by atoms with Crippen molar-refractivity contribution in [2.45, 2.75) is 13.3 Å². The lowest BCUT2D eigenvalue weighted by atomic mass is 10.4. The summed E-state index contributed by atoms with van der Waals surface area (Å²) in [6.45, 7) is 1.91. The third-order valence-electron chi connectivity index (χ3n) is 1.02. The Labute approximate surface area is 52.8 Å². The third kappa shape index (κ3) is 1.45. The molecule has 9 heavy (non-hydrogen) atoms. The molecule has 0 bridgehead atoms. The van der Waals surface area contributed by atoms with E-state index in [9.17, 15) is 4.39 Å². The molecule has 0 saturated carbocycles. The molecule has 0 unspecified atom stereocenters. The Morgan fingerprint density at radius 2 is 2.33 bits per heavy atom. The molecule has 3 heteroatoms. The Morgan fingerprint density at radius 3 is 2.78 bits per heavy atom. The molecule has 0 atom stereocenters. The number of rotatable bonds is 1. The monoisotopic (exact) mass is 126 g/mol. The third-order valence-corrected chi connectivity index (χ3v) is 1.02. The first kappa shape index (κ1) is 6.13. The highest BCUT2D eigenvalue weighted by molar-refractivity contribution is 4.94. The van der Waals surface area contributed by atoms with Crippen LogP contribution < -0.4 is 0 Å². The molecule has 0 aliphatic carbocycles. The molecular formula is C6H7FN2. The fraction of sp³-hybridized carbons (Fsp3) is 0.333. The Morgan fingerprint density at radius 1 is 1.56 bits per heavy atom. The molecule has 0 aliphatic heterocycles. The molecule has 1 aromatic rings. The summed E-state index contributed by atoms with van der Waals surface area (Å²) in [5, 5.41) is 0. The summed E-state index contributed by atoms with van der Waals surface area (Å²) in [7, 11) is 0. The van der Waals surface area contributed by atoms with E-state index in [0.29, 0.717) is 5.69 Å². The SMILES string of the molecule is CCc1cncc(F)n1. The maximum absolute atomic E-state index is 12.2. The molecule has 0 radical (unpaired) electrons. The van der Waals surface area contributed by atoms with Crippen molar-refractivity contribution in [2.24, 2.45) is 0 Å². The van der Waals surface area contributed by atoms with Gasteiger partial charge in [0.05, 0.1) is 11.9 Å². The second-order valence-corrected chi connectivity index (χ2v) is 1.69. The Balaban J connectivity index is 2.94. The summed E-state index contributed by atoms with van der Waals surface area (Å²) < 4.78 is 12.2. The fourth-order valence-corrected chi connectivity index (χ4v) is 0.550. The fourth-order valence-electron chi connectivity index (χ4n) is 0.550. The van der Waals surface area contributed by atoms with Gasteiger partial charge in [0.25, 0.3) is 0 Å². The molecule has 0 fully saturated rings. The van der Waals surface area contributed by atoms with Gasteiger partial charge in [-0.15, -0.1) is 0 Å². The van der Waals surface area contributed by atoms with Crippen LogP contribution in [0, 0.1) is 5.95 Å². The van der Waals surface area contributed by atoms with Crippen molar-refractivity contribution < 1.29 is 4.39 Å². The lowest BCUT2D eigenvalue weighted by Gasteiger charge is -1.90. The lowest BCUT2D eigenvalue weighted by Crippen LogP contribution is -1.91. The van der Waals surface area contributed by atoms with Crippen LogP contribution in [0.4, 0.5) is 4.39 Å². The Bertz CT molecular complexity index is 200. The van der Waals surface area contributed by atoms with E-state index in [2.05, 4.69) is 9.97 Å². The van der Waals surface area contributed by atoms with E-state index in [4.69, 9.17) is 0 Å². The quantitative estimate of drug-likeness (QED) is 0.564. The van der Waals surface area contributed by atoms with Crippen molar-refractivity contribution >= 4 is 0 Å². The van der Waals surface area contributed by atoms with Crippen LogP contribution in [-0.2, 0) is 6.42 Å². The highest BCUT2D eigenvalue weighted by atomic mass is 19.1. The first-order valence-electron chi connectivity index (χ1n) is 2.79. The topological polar surface area (TPSA) is 25.8 Å². The van der Waals surface area contributed by atoms with Gasteiger partial charge in [-0.05, 0) is 6.42 Å². The first-order chi connectivity index (χ1) is 4.33. The van der Waals surface area contributed by atoms with Crippen molar-refractivity contribution in [3.63, 3.8) is 0 Å². The minimum atomic E-state index is -0.505. The van der Waals surface area contributed by atoms with Gasteiger partial charge in [-0.3, -0.25) is 4.98 Å². The van der Waals surface area contributed by atoms with Gasteiger partial charge in [-0.25, -0.2) is 4.98 Å². The maximum Gasteiger partial charge on any atom is 0.231 e. The second-order valence-electron chi connectivity index (χ2n) is 1.69. The van der Waals surface area contributed by atoms with Crippen molar-refractivity contribution in [2.75, 3.05) is 0 Å². The maximum atomic E-state index is 12.2. The molecule has 1 rings (SSSR count). The smallest absolute Gasteiger partial charge is 0.231 e. The van der Waals surface area contributed by atoms with E-state index < -0.39 is 5.95 Å². The van der Waals surface area contributed by atoms with Gasteiger partial charge in [0.2, 0.25) is 5.95 Å². The van der Waals surface area contributed by atoms with Crippen LogP contribution >= 0.6 is 0 Å². The molecule has 0 saturated heterocycles. The normalized spacial score (nSPS) is 9.56. The lowest BCUT2D eigenvalue weighted by molar-refractivity contribution is 0.569. The standard InChI is InChI=1S/C6H7FN2/c1-2-5-3-8-4-6(7)9-5/h3-4H,2H2,1H3. The summed E-state index contributed by atoms with van der Waals surface area (Å²) in [6, 6.07) is 0. The summed E-state index contributed by atoms with van der Waals surface area (Å²) in [5.41, 5.74) is 0.690. The van der Waals surface area contributed by atoms with Gasteiger partial charge in [-0.2, -0.15) is 4.39 Å². The average Bonchev–Trinajstić information content (AvgIpc) is 1.88. The van der Waals surface area contributed by atoms with Crippen LogP contribution in [0.2, 0.25) is 0 Å². The van der Waals surface area contributed by atoms with Crippen LogP contribution in [0.1, 0.15) is 12.6 Å². The Kier molecular flexibility index (Phi) is 1.72. The summed E-state index contributed by atoms with van der Waals surface area (Å²) in [4.78, 5) is 7.18. The van der Waals surface area contributed by atoms with Crippen molar-refractivity contribution in [1.29, 1.82) is 0 Å². The molecule has 1 heterocycles. The van der Waals surface area contributed by atoms with E-state index in [1.54, 1.807) is 6.20 Å². The molecule has 48 valence electrons. The molecule has 0 spiro atoms. The van der Waals surface area contributed by atoms with Crippen molar-refractivity contribution in [3.8, 4) is 0 Å². The Hall–Kier alpha value is -0.990. The molecule has 0 amide bonds. The van der Waals surface area contributed by atoms with Crippen molar-refractivity contribution in [1.82, 2.24) is 9.97 Å². The van der Waals surface area contributed by atoms with E-state index in [0.717, 1.165) is 12.6 Å². The highest BCUT2D eigenvalue weighted by Crippen LogP contribution is 1.93. The van der Waals surface area contributed by atoms with E-state index in [-0.39, 0.29) is 0 Å². The van der Waals surface area contributed by atoms with Crippen molar-refractivity contribution in [3.05, 3.63) is 24.0 Å². The van der Waals surface area contributed by atoms with Crippen LogP contribution in [0.25, 0.3) is 0 Å². The highest BCUT2D eigenvalue weighted by Gasteiger charge is 1.91. The first-order valence-corrected chi connectivity index (χ1v) is 2.79. The number of hydrogen-bond donors (Lipinski definition) is 0. The molecule has 1 aromatic heterocycles. The second kappa shape index (κ2) is 2.53. The van der Waals surface area contributed by atoms with Gasteiger partial charge in [0.1, 0.15) is 0 Å². The zero-order valence-corrected chi connectivity index (χ0v) is 5.13. The number of nitrogens with zero attached hydrogens (tertiary/aromatic N) is 2. The minimum absolute atomic E-state index is 0.505. The number of aromatic nitrogens is 2. The zero-order valence-electron chi connectivity index (χ0n) is 5.13. The summed E-state index contributed by atoms with van der Waals surface area (Å²) >= 11 is 0. The largest absolute Gasteiger partial charge is 0.258 e. The predicted molar refractivity (Wildman–Crippen MR) is 31.4 cm³/mol. The molecule has 0 aliphatic rings. The number of hydrogen-bond acceptors (Lipinski definition) is 2. The minimum Gasteiger partial charge on any atom is -0.258 e. The van der Waals surface area contributed by atoms with Gasteiger partial charge >= 0.3 is 0 Å². The summed E-state index contributed by atoms with van der Waals surface area (Å²) in [5.74, 6) is -0.505. The molecule has 0 aromatic carbocycles. The molecular weight excluding hydrogens is 119 g/mol. The van der Waals surface area contributed by atoms with Gasteiger partial charge in [0, 0.05) is 6.20 Å². The molecule has 0 N–H and O–H groups in total. The van der Waals surface area contributed by atoms with Gasteiger partial charge in [0.15, 0.2) is 0 Å². The van der Waals surface area contributed by atoms with E-state index in [1.165, 1.54) is 0 Å². The molecule has 2 nitrogen and oxygen atoms in total. The summed E-state index contributed by atoms with van der Waals surface area (Å²) in [6.07, 6.45) is 3.38. The van der Waals surface area contributed by atoms with E-state index >= 15 is 0 Å². The number of aryl methyl sites for hydroxylation is 1. The van der Waals surface area contributed by atoms with Crippen LogP contribution in [0.5, 0.6) is 0 Å². The van der Waals surface area contributed by atoms with E-state index in [1.807, 2.05) is 6.92 Å².